The van der Waals surface area contributed by atoms with Crippen molar-refractivity contribution in [2.24, 2.45) is 17.8 Å². The molecule has 5 N–H and O–H groups in total. The van der Waals surface area contributed by atoms with Crippen molar-refractivity contribution < 1.29 is 24.3 Å². The average molecular weight is 602 g/mol. The van der Waals surface area contributed by atoms with E-state index in [0.717, 1.165) is 12.0 Å². The quantitative estimate of drug-likeness (QED) is 0.204. The normalized spacial score (nSPS) is 14.9. The number of hydrogen-bond acceptors (Lipinski definition) is 7. The van der Waals surface area contributed by atoms with Gasteiger partial charge in [-0.2, -0.15) is 0 Å². The molecule has 0 aliphatic rings. The Balaban J connectivity index is 2.25. The van der Waals surface area contributed by atoms with Crippen molar-refractivity contribution >= 4 is 40.7 Å². The summed E-state index contributed by atoms with van der Waals surface area (Å²) in [7, 11) is 1.81. The number of carboxylic acid groups (broad SMARTS) is 1. The molecule has 2 aromatic rings. The third kappa shape index (κ3) is 10.7. The van der Waals surface area contributed by atoms with Crippen molar-refractivity contribution in [3.8, 4) is 0 Å². The first-order valence-electron chi connectivity index (χ1n) is 14.6. The molecule has 1 heterocycles. The van der Waals surface area contributed by atoms with Crippen LogP contribution in [0.2, 0.25) is 0 Å². The van der Waals surface area contributed by atoms with Crippen molar-refractivity contribution in [2.45, 2.75) is 91.8 Å². The fraction of sp³-hybridized carbons (Fsp3) is 0.581. The highest BCUT2D eigenvalue weighted by Gasteiger charge is 2.30. The number of carbonyl (C=O) groups is 4. The molecular formula is C31H47N5O5S. The van der Waals surface area contributed by atoms with E-state index in [1.54, 1.807) is 36.4 Å². The average Bonchev–Trinajstić information content (AvgIpc) is 3.41. The maximum absolute atomic E-state index is 13.3. The molecule has 2 rings (SSSR count). The minimum absolute atomic E-state index is 0.0616. The van der Waals surface area contributed by atoms with Gasteiger partial charge in [0.25, 0.3) is 5.91 Å². The summed E-state index contributed by atoms with van der Waals surface area (Å²) in [6, 6.07) is 6.16. The number of carboxylic acids is 1. The van der Waals surface area contributed by atoms with Crippen molar-refractivity contribution in [3.05, 3.63) is 45.9 Å². The predicted octanol–water partition coefficient (Wildman–Crippen LogP) is 4.66. The van der Waals surface area contributed by atoms with Crippen molar-refractivity contribution in [1.29, 1.82) is 0 Å². The number of nitrogen functional groups attached to an aromatic ring is 1. The zero-order chi connectivity index (χ0) is 31.6. The summed E-state index contributed by atoms with van der Waals surface area (Å²) in [5.74, 6) is -1.78. The number of nitrogens with zero attached hydrogens (tertiary/aromatic N) is 2. The van der Waals surface area contributed by atoms with Gasteiger partial charge >= 0.3 is 5.97 Å². The second kappa shape index (κ2) is 16.2. The summed E-state index contributed by atoms with van der Waals surface area (Å²) in [4.78, 5) is 56.3. The fourth-order valence-electron chi connectivity index (χ4n) is 4.83. The van der Waals surface area contributed by atoms with Crippen LogP contribution in [0, 0.1) is 17.8 Å². The van der Waals surface area contributed by atoms with Crippen LogP contribution in [-0.2, 0) is 20.8 Å². The molecule has 0 aliphatic heterocycles. The maximum atomic E-state index is 13.3. The molecule has 232 valence electrons. The summed E-state index contributed by atoms with van der Waals surface area (Å²) in [6.07, 6.45) is 2.50. The lowest BCUT2D eigenvalue weighted by Gasteiger charge is -2.34. The van der Waals surface area contributed by atoms with Gasteiger partial charge in [-0.3, -0.25) is 19.2 Å². The number of amides is 3. The summed E-state index contributed by atoms with van der Waals surface area (Å²) in [6.45, 7) is 11.3. The number of hydrogen-bond donors (Lipinski definition) is 4. The number of aromatic nitrogens is 1. The van der Waals surface area contributed by atoms with Gasteiger partial charge in [-0.1, -0.05) is 53.2 Å². The first kappa shape index (κ1) is 34.7. The molecule has 0 unspecified atom stereocenters. The molecule has 0 fully saturated rings. The molecular weight excluding hydrogens is 554 g/mol. The lowest BCUT2D eigenvalue weighted by atomic mass is 9.94. The van der Waals surface area contributed by atoms with Crippen LogP contribution in [0.15, 0.2) is 29.6 Å². The third-order valence-corrected chi connectivity index (χ3v) is 8.60. The van der Waals surface area contributed by atoms with Crippen LogP contribution in [0.3, 0.4) is 0 Å². The van der Waals surface area contributed by atoms with E-state index in [2.05, 4.69) is 29.5 Å². The third-order valence-electron chi connectivity index (χ3n) is 7.64. The molecule has 0 saturated heterocycles. The van der Waals surface area contributed by atoms with Crippen molar-refractivity contribution in [1.82, 2.24) is 20.5 Å². The summed E-state index contributed by atoms with van der Waals surface area (Å²) >= 11 is 1.27. The zero-order valence-electron chi connectivity index (χ0n) is 25.8. The summed E-state index contributed by atoms with van der Waals surface area (Å²) in [5, 5.41) is 17.6. The number of anilines is 1. The van der Waals surface area contributed by atoms with Crippen LogP contribution in [0.4, 0.5) is 5.69 Å². The monoisotopic (exact) mass is 601 g/mol. The molecule has 3 amide bonds. The molecule has 42 heavy (non-hydrogen) atoms. The lowest BCUT2D eigenvalue weighted by molar-refractivity contribution is -0.141. The predicted molar refractivity (Wildman–Crippen MR) is 166 cm³/mol. The smallest absolute Gasteiger partial charge is 0.306 e. The van der Waals surface area contributed by atoms with Crippen LogP contribution in [0.25, 0.3) is 0 Å². The minimum Gasteiger partial charge on any atom is -0.481 e. The second-order valence-corrected chi connectivity index (χ2v) is 12.6. The number of aliphatic carboxylic acids is 1. The van der Waals surface area contributed by atoms with E-state index >= 15 is 0 Å². The molecule has 0 spiro atoms. The van der Waals surface area contributed by atoms with E-state index in [4.69, 9.17) is 5.73 Å². The number of nitrogens with two attached hydrogens (primary N) is 1. The van der Waals surface area contributed by atoms with Gasteiger partial charge in [0.1, 0.15) is 10.7 Å². The minimum atomic E-state index is -0.937. The first-order valence-corrected chi connectivity index (χ1v) is 15.5. The summed E-state index contributed by atoms with van der Waals surface area (Å²) in [5.41, 5.74) is 7.52. The zero-order valence-corrected chi connectivity index (χ0v) is 26.7. The number of rotatable bonds is 16. The van der Waals surface area contributed by atoms with E-state index in [1.165, 1.54) is 18.3 Å². The SMILES string of the molecule is CC[C@H](C)CC(=O)N(C)[C@H](C[C@@H](NC(C)=O)c1nc(C(=O)N[C@@H](Cc2ccc(N)cc2)C[C@H](C)C(=O)O)cs1)C(C)C. The van der Waals surface area contributed by atoms with Gasteiger partial charge < -0.3 is 26.4 Å². The Morgan fingerprint density at radius 1 is 1.05 bits per heavy atom. The summed E-state index contributed by atoms with van der Waals surface area (Å²) < 4.78 is 0. The van der Waals surface area contributed by atoms with Gasteiger partial charge in [-0.15, -0.1) is 11.3 Å². The molecule has 0 aliphatic carbocycles. The highest BCUT2D eigenvalue weighted by Crippen LogP contribution is 2.28. The van der Waals surface area contributed by atoms with Crippen LogP contribution in [0.5, 0.6) is 0 Å². The fourth-order valence-corrected chi connectivity index (χ4v) is 5.69. The number of carbonyl (C=O) groups excluding carboxylic acids is 3. The Kier molecular flexibility index (Phi) is 13.4. The van der Waals surface area contributed by atoms with Gasteiger partial charge in [-0.25, -0.2) is 4.98 Å². The number of nitrogens with one attached hydrogen (secondary N) is 2. The van der Waals surface area contributed by atoms with Gasteiger partial charge in [0.2, 0.25) is 11.8 Å². The molecule has 0 bridgehead atoms. The maximum Gasteiger partial charge on any atom is 0.306 e. The molecule has 1 aromatic carbocycles. The largest absolute Gasteiger partial charge is 0.481 e. The Bertz CT molecular complexity index is 1200. The van der Waals surface area contributed by atoms with E-state index in [1.807, 2.05) is 26.0 Å². The van der Waals surface area contributed by atoms with E-state index < -0.39 is 29.9 Å². The van der Waals surface area contributed by atoms with Crippen LogP contribution in [0.1, 0.15) is 94.3 Å². The molecule has 1 aromatic heterocycles. The van der Waals surface area contributed by atoms with E-state index in [9.17, 15) is 24.3 Å². The van der Waals surface area contributed by atoms with Crippen molar-refractivity contribution in [2.75, 3.05) is 12.8 Å². The molecule has 5 atom stereocenters. The highest BCUT2D eigenvalue weighted by molar-refractivity contribution is 7.09. The molecule has 11 heteroatoms. The Hall–Kier alpha value is -3.47. The standard InChI is InChI=1S/C31H47N5O5S/c1-8-19(4)13-28(38)36(7)27(18(2)3)16-25(33-21(6)37)30-35-26(17-42-30)29(39)34-24(14-20(5)31(40)41)15-22-9-11-23(32)12-10-22/h9-12,17-20,24-25,27H,8,13-16,32H2,1-7H3,(H,33,37)(H,34,39)(H,40,41)/t19-,20-,24+,25+,27+/m0/s1. The molecule has 0 saturated carbocycles. The van der Waals surface area contributed by atoms with Crippen molar-refractivity contribution in [3.63, 3.8) is 0 Å². The van der Waals surface area contributed by atoms with Crippen LogP contribution >= 0.6 is 11.3 Å². The Morgan fingerprint density at radius 3 is 2.24 bits per heavy atom. The van der Waals surface area contributed by atoms with Gasteiger partial charge in [0, 0.05) is 43.5 Å². The Labute approximate surface area is 253 Å². The van der Waals surface area contributed by atoms with E-state index in [0.29, 0.717) is 30.0 Å². The lowest BCUT2D eigenvalue weighted by Crippen LogP contribution is -2.43. The topological polar surface area (TPSA) is 155 Å². The van der Waals surface area contributed by atoms with Gasteiger partial charge in [-0.05, 0) is 48.8 Å². The highest BCUT2D eigenvalue weighted by atomic mass is 32.1. The van der Waals surface area contributed by atoms with Crippen LogP contribution < -0.4 is 16.4 Å². The molecule has 0 radical (unpaired) electrons. The molecule has 10 nitrogen and oxygen atoms in total. The second-order valence-electron chi connectivity index (χ2n) is 11.7. The van der Waals surface area contributed by atoms with E-state index in [-0.39, 0.29) is 41.8 Å². The Morgan fingerprint density at radius 2 is 1.69 bits per heavy atom. The van der Waals surface area contributed by atoms with Gasteiger partial charge in [0.05, 0.1) is 12.0 Å². The first-order chi connectivity index (χ1) is 19.7. The number of benzene rings is 1. The van der Waals surface area contributed by atoms with Gasteiger partial charge in [0.15, 0.2) is 0 Å². The number of thiazole rings is 1. The van der Waals surface area contributed by atoms with Crippen LogP contribution in [-0.4, -0.2) is 57.8 Å².